The van der Waals surface area contributed by atoms with E-state index in [1.54, 1.807) is 6.07 Å². The van der Waals surface area contributed by atoms with E-state index < -0.39 is 11.9 Å². The summed E-state index contributed by atoms with van der Waals surface area (Å²) in [4.78, 5) is 0. The van der Waals surface area contributed by atoms with Crippen LogP contribution in [0.5, 0.6) is 5.75 Å². The molecule has 1 atom stereocenters. The molecule has 0 radical (unpaired) electrons. The van der Waals surface area contributed by atoms with E-state index in [0.717, 1.165) is 6.42 Å². The predicted molar refractivity (Wildman–Crippen MR) is 53.8 cm³/mol. The molecule has 1 aliphatic heterocycles. The molecular formula is C10H10BrFO2. The summed E-state index contributed by atoms with van der Waals surface area (Å²) in [5.74, 6) is -0.228. The molecule has 1 unspecified atom stereocenters. The van der Waals surface area contributed by atoms with Gasteiger partial charge in [0.05, 0.1) is 12.7 Å². The molecule has 4 heteroatoms. The van der Waals surface area contributed by atoms with Crippen molar-refractivity contribution in [3.8, 4) is 5.75 Å². The third kappa shape index (κ3) is 1.77. The molecule has 1 heterocycles. The molecule has 0 spiro atoms. The fourth-order valence-corrected chi connectivity index (χ4v) is 2.03. The molecule has 0 saturated heterocycles. The molecule has 76 valence electrons. The molecule has 0 aromatic heterocycles. The number of rotatable bonds is 0. The second-order valence-electron chi connectivity index (χ2n) is 3.31. The molecule has 1 aromatic rings. The van der Waals surface area contributed by atoms with E-state index in [9.17, 15) is 9.50 Å². The quantitative estimate of drug-likeness (QED) is 0.778. The average Bonchev–Trinajstić information content (AvgIpc) is 2.29. The summed E-state index contributed by atoms with van der Waals surface area (Å²) in [5.41, 5.74) is 0.536. The lowest BCUT2D eigenvalue weighted by Crippen LogP contribution is -1.99. The van der Waals surface area contributed by atoms with E-state index in [4.69, 9.17) is 4.74 Å². The van der Waals surface area contributed by atoms with Crippen molar-refractivity contribution in [2.24, 2.45) is 0 Å². The molecule has 14 heavy (non-hydrogen) atoms. The summed E-state index contributed by atoms with van der Waals surface area (Å²) in [5, 5.41) is 9.72. The van der Waals surface area contributed by atoms with Crippen LogP contribution in [0.2, 0.25) is 0 Å². The van der Waals surface area contributed by atoms with Crippen molar-refractivity contribution < 1.29 is 14.2 Å². The lowest BCUT2D eigenvalue weighted by atomic mass is 10.1. The second-order valence-corrected chi connectivity index (χ2v) is 4.23. The topological polar surface area (TPSA) is 29.5 Å². The number of ether oxygens (including phenoxy) is 1. The summed E-state index contributed by atoms with van der Waals surface area (Å²) in [7, 11) is 0. The van der Waals surface area contributed by atoms with Crippen LogP contribution in [-0.2, 0) is 0 Å². The molecule has 0 saturated carbocycles. The maximum absolute atomic E-state index is 13.4. The number of hydrogen-bond acceptors (Lipinski definition) is 2. The van der Waals surface area contributed by atoms with Gasteiger partial charge in [0.15, 0.2) is 11.6 Å². The molecule has 0 fully saturated rings. The first-order valence-electron chi connectivity index (χ1n) is 4.48. The van der Waals surface area contributed by atoms with E-state index in [-0.39, 0.29) is 5.75 Å². The monoisotopic (exact) mass is 260 g/mol. The number of benzene rings is 1. The lowest BCUT2D eigenvalue weighted by molar-refractivity contribution is 0.167. The van der Waals surface area contributed by atoms with E-state index in [1.807, 2.05) is 0 Å². The van der Waals surface area contributed by atoms with Crippen molar-refractivity contribution in [2.45, 2.75) is 18.9 Å². The molecule has 2 nitrogen and oxygen atoms in total. The third-order valence-corrected chi connectivity index (χ3v) is 2.72. The highest BCUT2D eigenvalue weighted by atomic mass is 79.9. The number of hydrogen-bond donors (Lipinski definition) is 1. The van der Waals surface area contributed by atoms with Gasteiger partial charge in [-0.2, -0.15) is 0 Å². The first-order chi connectivity index (χ1) is 6.68. The minimum Gasteiger partial charge on any atom is -0.490 e. The van der Waals surface area contributed by atoms with E-state index in [0.29, 0.717) is 23.1 Å². The van der Waals surface area contributed by atoms with Gasteiger partial charge in [0.2, 0.25) is 0 Å². The van der Waals surface area contributed by atoms with Gasteiger partial charge in [0, 0.05) is 10.0 Å². The SMILES string of the molecule is OC1CCCOc2c(F)cc(Br)cc21. The first kappa shape index (κ1) is 9.93. The number of aliphatic hydroxyl groups excluding tert-OH is 1. The zero-order valence-corrected chi connectivity index (χ0v) is 9.05. The molecule has 1 aromatic carbocycles. The Hall–Kier alpha value is -0.610. The Labute approximate surface area is 89.8 Å². The third-order valence-electron chi connectivity index (χ3n) is 2.26. The second kappa shape index (κ2) is 3.87. The normalized spacial score (nSPS) is 20.9. The van der Waals surface area contributed by atoms with Gasteiger partial charge in [-0.05, 0) is 25.0 Å². The van der Waals surface area contributed by atoms with Crippen molar-refractivity contribution in [3.63, 3.8) is 0 Å². The maximum Gasteiger partial charge on any atom is 0.166 e. The fraction of sp³-hybridized carbons (Fsp3) is 0.400. The zero-order chi connectivity index (χ0) is 10.1. The Balaban J connectivity index is 2.53. The van der Waals surface area contributed by atoms with Gasteiger partial charge in [-0.15, -0.1) is 0 Å². The largest absolute Gasteiger partial charge is 0.490 e. The zero-order valence-electron chi connectivity index (χ0n) is 7.46. The van der Waals surface area contributed by atoms with Crippen molar-refractivity contribution in [1.29, 1.82) is 0 Å². The minimum absolute atomic E-state index is 0.193. The van der Waals surface area contributed by atoms with Gasteiger partial charge < -0.3 is 9.84 Å². The summed E-state index contributed by atoms with van der Waals surface area (Å²) in [6, 6.07) is 3.05. The van der Waals surface area contributed by atoms with Crippen LogP contribution in [0.3, 0.4) is 0 Å². The molecule has 0 amide bonds. The molecule has 1 N–H and O–H groups in total. The molecular weight excluding hydrogens is 251 g/mol. The van der Waals surface area contributed by atoms with Crippen LogP contribution in [0, 0.1) is 5.82 Å². The highest BCUT2D eigenvalue weighted by Crippen LogP contribution is 2.35. The smallest absolute Gasteiger partial charge is 0.166 e. The number of fused-ring (bicyclic) bond motifs is 1. The van der Waals surface area contributed by atoms with Gasteiger partial charge in [-0.3, -0.25) is 0 Å². The molecule has 2 rings (SSSR count). The van der Waals surface area contributed by atoms with Crippen LogP contribution in [0.25, 0.3) is 0 Å². The lowest BCUT2D eigenvalue weighted by Gasteiger charge is -2.11. The van der Waals surface area contributed by atoms with Gasteiger partial charge in [0.1, 0.15) is 0 Å². The highest BCUT2D eigenvalue weighted by molar-refractivity contribution is 9.10. The van der Waals surface area contributed by atoms with Crippen molar-refractivity contribution >= 4 is 15.9 Å². The van der Waals surface area contributed by atoms with E-state index >= 15 is 0 Å². The number of halogens is 2. The van der Waals surface area contributed by atoms with Gasteiger partial charge in [-0.1, -0.05) is 15.9 Å². The fourth-order valence-electron chi connectivity index (χ4n) is 1.59. The van der Waals surface area contributed by atoms with Crippen LogP contribution in [0.1, 0.15) is 24.5 Å². The maximum atomic E-state index is 13.4. The van der Waals surface area contributed by atoms with Crippen LogP contribution < -0.4 is 4.74 Å². The van der Waals surface area contributed by atoms with Crippen LogP contribution in [0.4, 0.5) is 4.39 Å². The van der Waals surface area contributed by atoms with Gasteiger partial charge in [0.25, 0.3) is 0 Å². The first-order valence-corrected chi connectivity index (χ1v) is 5.27. The van der Waals surface area contributed by atoms with Crippen molar-refractivity contribution in [2.75, 3.05) is 6.61 Å². The Kier molecular flexibility index (Phi) is 2.74. The van der Waals surface area contributed by atoms with Crippen molar-refractivity contribution in [1.82, 2.24) is 0 Å². The summed E-state index contributed by atoms with van der Waals surface area (Å²) >= 11 is 3.19. The molecule has 1 aliphatic rings. The molecule has 0 bridgehead atoms. The summed E-state index contributed by atoms with van der Waals surface area (Å²) < 4.78 is 19.3. The standard InChI is InChI=1S/C10H10BrFO2/c11-6-4-7-9(13)2-1-3-14-10(7)8(12)5-6/h4-5,9,13H,1-3H2. The average molecular weight is 261 g/mol. The summed E-state index contributed by atoms with van der Waals surface area (Å²) in [6.07, 6.45) is 0.731. The Bertz CT molecular complexity index is 354. The number of aliphatic hydroxyl groups is 1. The summed E-state index contributed by atoms with van der Waals surface area (Å²) in [6.45, 7) is 0.461. The minimum atomic E-state index is -0.625. The van der Waals surface area contributed by atoms with Gasteiger partial charge in [-0.25, -0.2) is 4.39 Å². The predicted octanol–water partition coefficient (Wildman–Crippen LogP) is 2.79. The van der Waals surface area contributed by atoms with Crippen LogP contribution in [0.15, 0.2) is 16.6 Å². The Morgan fingerprint density at radius 3 is 3.07 bits per heavy atom. The Morgan fingerprint density at radius 2 is 2.29 bits per heavy atom. The highest BCUT2D eigenvalue weighted by Gasteiger charge is 2.21. The molecule has 0 aliphatic carbocycles. The van der Waals surface area contributed by atoms with Crippen molar-refractivity contribution in [3.05, 3.63) is 28.0 Å². The van der Waals surface area contributed by atoms with Crippen LogP contribution >= 0.6 is 15.9 Å². The van der Waals surface area contributed by atoms with E-state index in [2.05, 4.69) is 15.9 Å². The van der Waals surface area contributed by atoms with Crippen LogP contribution in [-0.4, -0.2) is 11.7 Å². The Morgan fingerprint density at radius 1 is 1.50 bits per heavy atom. The van der Waals surface area contributed by atoms with E-state index in [1.165, 1.54) is 6.07 Å². The van der Waals surface area contributed by atoms with Gasteiger partial charge >= 0.3 is 0 Å².